The lowest BCUT2D eigenvalue weighted by molar-refractivity contribution is -0.926. The van der Waals surface area contributed by atoms with Gasteiger partial charge < -0.3 is 36.9 Å². The van der Waals surface area contributed by atoms with E-state index in [1.807, 2.05) is 72.8 Å². The lowest BCUT2D eigenvalue weighted by Gasteiger charge is -2.37. The van der Waals surface area contributed by atoms with Crippen molar-refractivity contribution in [2.24, 2.45) is 0 Å². The molecule has 82 heavy (non-hydrogen) atoms. The van der Waals surface area contributed by atoms with Crippen LogP contribution in [0, 0.1) is 0 Å². The van der Waals surface area contributed by atoms with Gasteiger partial charge in [-0.1, -0.05) is 107 Å². The molecule has 0 radical (unpaired) electrons. The number of carbonyl (C=O) groups excluding carboxylic acids is 4. The van der Waals surface area contributed by atoms with Crippen LogP contribution in [-0.4, -0.2) is 203 Å². The summed E-state index contributed by atoms with van der Waals surface area (Å²) in [5.74, 6) is -0.898. The molecule has 0 heterocycles. The van der Waals surface area contributed by atoms with Gasteiger partial charge in [0.05, 0.1) is 131 Å². The van der Waals surface area contributed by atoms with Crippen LogP contribution < -0.4 is 0 Å². The molecule has 0 amide bonds. The smallest absolute Gasteiger partial charge is 0.338 e. The third-order valence-electron chi connectivity index (χ3n) is 13.9. The molecule has 0 aromatic heterocycles. The van der Waals surface area contributed by atoms with E-state index in [4.69, 9.17) is 18.9 Å². The molecule has 0 spiro atoms. The quantitative estimate of drug-likeness (QED) is 0.0220. The molecule has 16 heteroatoms. The van der Waals surface area contributed by atoms with Crippen LogP contribution in [0.15, 0.2) is 121 Å². The summed E-state index contributed by atoms with van der Waals surface area (Å²) in [7, 11) is 8.20. The Hall–Kier alpha value is -5.68. The molecule has 0 fully saturated rings. The highest BCUT2D eigenvalue weighted by Gasteiger charge is 2.26. The first-order valence-electron chi connectivity index (χ1n) is 29.3. The van der Waals surface area contributed by atoms with Gasteiger partial charge in [0.1, 0.15) is 52.6 Å². The molecule has 0 aliphatic heterocycles. The van der Waals surface area contributed by atoms with Gasteiger partial charge in [-0.25, -0.2) is 19.2 Å². The van der Waals surface area contributed by atoms with Gasteiger partial charge in [-0.2, -0.15) is 0 Å². The van der Waals surface area contributed by atoms with Gasteiger partial charge >= 0.3 is 23.9 Å². The summed E-state index contributed by atoms with van der Waals surface area (Å²) in [4.78, 5) is 47.1. The van der Waals surface area contributed by atoms with Crippen LogP contribution in [0.5, 0.6) is 0 Å². The zero-order chi connectivity index (χ0) is 63.1. The molecule has 0 saturated carbocycles. The normalized spacial score (nSPS) is 11.1. The van der Waals surface area contributed by atoms with Crippen molar-refractivity contribution in [1.29, 1.82) is 0 Å². The number of unbranched alkanes of at least 4 members (excludes halogenated alkanes) is 1. The lowest BCUT2D eigenvalue weighted by Crippen LogP contribution is -2.51. The van der Waals surface area contributed by atoms with Crippen LogP contribution >= 0.6 is 0 Å². The van der Waals surface area contributed by atoms with Crippen molar-refractivity contribution < 1.29 is 73.6 Å². The molecule has 0 aliphatic carbocycles. The van der Waals surface area contributed by atoms with Gasteiger partial charge in [-0.15, -0.1) is 0 Å². The van der Waals surface area contributed by atoms with Crippen molar-refractivity contribution in [3.63, 3.8) is 0 Å². The zero-order valence-electron chi connectivity index (χ0n) is 53.7. The third-order valence-corrected chi connectivity index (χ3v) is 13.9. The van der Waals surface area contributed by atoms with Crippen molar-refractivity contribution >= 4 is 23.9 Å². The number of rotatable bonds is 30. The standard InChI is InChI=1S/C18H30NO2.C17H28NO2.C15H24NO2.C12H18NO2.4CH3F/c1-4-7-14-19(6-3,13-5-2)15-16-21-18(20)17-11-9-8-10-12-17;1-4-12-18(6-3,13-5-2)14-15-20-17(19)16-10-8-7-9-11-16;1-4-16(5-2,6-3)12-13-18-15(17)14-10-8-7-9-11-14;1-13(2,3)9-10-15-12(14)11-7-5-4-6-8-11;4*1-2/h8-12H,4-7,13-16H2,1-3H3;7-11H,4-6,12-15H2,1-3H3;7-11H,4-6,12-13H2,1-3H3;4-8H,9-10H2,1-3H3;4*1H3/q4*+1;;;;. The number of halogens is 4. The van der Waals surface area contributed by atoms with Crippen molar-refractivity contribution in [3.8, 4) is 0 Å². The number of nitrogens with zero attached hydrogens (tertiary/aromatic N) is 4. The first-order valence-corrected chi connectivity index (χ1v) is 29.3. The van der Waals surface area contributed by atoms with E-state index in [1.165, 1.54) is 45.2 Å². The summed E-state index contributed by atoms with van der Waals surface area (Å²) in [6, 6.07) is 36.6. The number of esters is 4. The summed E-state index contributed by atoms with van der Waals surface area (Å²) < 4.78 is 63.3. The topological polar surface area (TPSA) is 105 Å². The predicted molar refractivity (Wildman–Crippen MR) is 331 cm³/mol. The molecule has 468 valence electrons. The van der Waals surface area contributed by atoms with Crippen LogP contribution in [0.1, 0.15) is 136 Å². The van der Waals surface area contributed by atoms with E-state index in [-0.39, 0.29) is 23.9 Å². The SMILES string of the molecule is CCCC[N+](CC)(CCC)CCOC(=O)c1ccccc1.CCC[N+](CC)(CCC)CCOC(=O)c1ccccc1.CC[N+](CC)(CC)CCOC(=O)c1ccccc1.CF.CF.CF.CF.C[N+](C)(C)CCOC(=O)c1ccccc1. The van der Waals surface area contributed by atoms with Gasteiger partial charge in [0.25, 0.3) is 0 Å². The number of benzene rings is 4. The summed E-state index contributed by atoms with van der Waals surface area (Å²) in [5, 5.41) is 0. The Kier molecular flexibility index (Phi) is 53.8. The highest BCUT2D eigenvalue weighted by Crippen LogP contribution is 2.14. The minimum Gasteiger partial charge on any atom is -0.456 e. The van der Waals surface area contributed by atoms with Crippen LogP contribution in [0.3, 0.4) is 0 Å². The van der Waals surface area contributed by atoms with E-state index in [0.717, 1.165) is 89.9 Å². The number of likely N-dealkylation sites (N-methyl/N-ethyl adjacent to an activating group) is 4. The average molecular weight is 1170 g/mol. The fourth-order valence-electron chi connectivity index (χ4n) is 8.72. The number of ether oxygens (including phenoxy) is 4. The van der Waals surface area contributed by atoms with E-state index >= 15 is 0 Å². The Morgan fingerprint density at radius 3 is 0.732 bits per heavy atom. The number of quaternary nitrogens is 4. The first kappa shape index (κ1) is 82.8. The molecule has 4 aromatic rings. The van der Waals surface area contributed by atoms with Gasteiger partial charge in [-0.05, 0) is 109 Å². The van der Waals surface area contributed by atoms with Crippen molar-refractivity contribution in [1.82, 2.24) is 0 Å². The molecule has 0 aliphatic rings. The molecule has 12 nitrogen and oxygen atoms in total. The minimum absolute atomic E-state index is 0.211. The maximum absolute atomic E-state index is 12.0. The Balaban J connectivity index is -0.000000477. The number of alkyl halides is 4. The fraction of sp³-hybridized carbons (Fsp3) is 0.576. The molecule has 1 unspecified atom stereocenters. The average Bonchev–Trinajstić information content (AvgIpc) is 3.52. The number of carbonyl (C=O) groups is 4. The van der Waals surface area contributed by atoms with Crippen LogP contribution in [-0.2, 0) is 18.9 Å². The Labute approximate surface area is 495 Å². The van der Waals surface area contributed by atoms with Gasteiger partial charge in [-0.3, -0.25) is 17.6 Å². The fourth-order valence-corrected chi connectivity index (χ4v) is 8.72. The summed E-state index contributed by atoms with van der Waals surface area (Å²) in [5.41, 5.74) is 2.50. The highest BCUT2D eigenvalue weighted by atomic mass is 19.1. The molecule has 4 rings (SSSR count). The molecule has 1 atom stereocenters. The summed E-state index contributed by atoms with van der Waals surface area (Å²) >= 11 is 0. The first-order chi connectivity index (χ1) is 39.5. The second kappa shape index (κ2) is 53.3. The number of hydrogen-bond donors (Lipinski definition) is 0. The minimum atomic E-state index is -0.246. The predicted octanol–water partition coefficient (Wildman–Crippen LogP) is 14.0. The number of hydrogen-bond acceptors (Lipinski definition) is 8. The third kappa shape index (κ3) is 38.2. The zero-order valence-corrected chi connectivity index (χ0v) is 53.7. The van der Waals surface area contributed by atoms with E-state index in [9.17, 15) is 36.7 Å². The van der Waals surface area contributed by atoms with E-state index in [1.54, 1.807) is 48.5 Å². The largest absolute Gasteiger partial charge is 0.456 e. The Bertz CT molecular complexity index is 2070. The molecule has 0 saturated heterocycles. The Morgan fingerprint density at radius 1 is 0.305 bits per heavy atom. The second-order valence-corrected chi connectivity index (χ2v) is 20.0. The van der Waals surface area contributed by atoms with Crippen LogP contribution in [0.2, 0.25) is 0 Å². The lowest BCUT2D eigenvalue weighted by atomic mass is 10.2. The molecule has 0 bridgehead atoms. The van der Waals surface area contributed by atoms with Crippen molar-refractivity contribution in [2.45, 2.75) is 94.4 Å². The summed E-state index contributed by atoms with van der Waals surface area (Å²) in [6.45, 7) is 35.5. The second-order valence-electron chi connectivity index (χ2n) is 20.0. The highest BCUT2D eigenvalue weighted by molar-refractivity contribution is 5.90. The molecular weight excluding hydrogens is 1050 g/mol. The maximum Gasteiger partial charge on any atom is 0.338 e. The molecule has 4 aromatic carbocycles. The summed E-state index contributed by atoms with van der Waals surface area (Å²) in [6.07, 6.45) is 5.96. The van der Waals surface area contributed by atoms with Gasteiger partial charge in [0, 0.05) is 0 Å². The van der Waals surface area contributed by atoms with Crippen molar-refractivity contribution in [2.75, 3.05) is 161 Å². The Morgan fingerprint density at radius 2 is 0.524 bits per heavy atom. The van der Waals surface area contributed by atoms with Gasteiger partial charge in [0.15, 0.2) is 0 Å². The van der Waals surface area contributed by atoms with Gasteiger partial charge in [0.2, 0.25) is 0 Å². The van der Waals surface area contributed by atoms with E-state index in [2.05, 4.69) is 83.5 Å². The monoisotopic (exact) mass is 1160 g/mol. The van der Waals surface area contributed by atoms with E-state index in [0.29, 0.717) is 77.4 Å². The van der Waals surface area contributed by atoms with E-state index < -0.39 is 0 Å². The molecule has 0 N–H and O–H groups in total. The molecular formula is C66H112F4N4O8+4. The van der Waals surface area contributed by atoms with Crippen LogP contribution in [0.4, 0.5) is 17.6 Å². The van der Waals surface area contributed by atoms with Crippen molar-refractivity contribution in [3.05, 3.63) is 144 Å². The maximum atomic E-state index is 12.0. The van der Waals surface area contributed by atoms with Crippen LogP contribution in [0.25, 0.3) is 0 Å².